The van der Waals surface area contributed by atoms with Crippen molar-refractivity contribution in [2.75, 3.05) is 17.1 Å². The first-order valence-corrected chi connectivity index (χ1v) is 13.9. The van der Waals surface area contributed by atoms with Gasteiger partial charge < -0.3 is 10.2 Å². The molecule has 1 N–H and O–H groups in total. The van der Waals surface area contributed by atoms with E-state index in [9.17, 15) is 18.0 Å². The van der Waals surface area contributed by atoms with Crippen molar-refractivity contribution in [1.82, 2.24) is 10.2 Å². The molecule has 35 heavy (non-hydrogen) atoms. The highest BCUT2D eigenvalue weighted by atomic mass is 32.2. The van der Waals surface area contributed by atoms with Crippen molar-refractivity contribution < 1.29 is 18.0 Å². The van der Waals surface area contributed by atoms with Crippen LogP contribution in [0.25, 0.3) is 0 Å². The number of carbonyl (C=O) groups is 2. The van der Waals surface area contributed by atoms with E-state index in [0.29, 0.717) is 5.69 Å². The molecule has 192 valence electrons. The van der Waals surface area contributed by atoms with Gasteiger partial charge in [0.25, 0.3) is 0 Å². The second-order valence-electron chi connectivity index (χ2n) is 9.43. The van der Waals surface area contributed by atoms with E-state index in [1.807, 2.05) is 71.0 Å². The molecule has 0 heterocycles. The summed E-state index contributed by atoms with van der Waals surface area (Å²) < 4.78 is 26.8. The lowest BCUT2D eigenvalue weighted by Crippen LogP contribution is -2.52. The molecule has 0 bridgehead atoms. The second kappa shape index (κ2) is 12.2. The second-order valence-corrected chi connectivity index (χ2v) is 11.3. The Kier molecular flexibility index (Phi) is 9.89. The summed E-state index contributed by atoms with van der Waals surface area (Å²) in [4.78, 5) is 28.2. The van der Waals surface area contributed by atoms with Gasteiger partial charge in [0.15, 0.2) is 0 Å². The van der Waals surface area contributed by atoms with Crippen molar-refractivity contribution in [2.45, 2.75) is 72.5 Å². The van der Waals surface area contributed by atoms with Crippen molar-refractivity contribution in [1.29, 1.82) is 0 Å². The van der Waals surface area contributed by atoms with Crippen molar-refractivity contribution in [3.05, 3.63) is 65.2 Å². The minimum absolute atomic E-state index is 0.0363. The summed E-state index contributed by atoms with van der Waals surface area (Å²) in [5.74, 6) is -0.646. The molecule has 2 rings (SSSR count). The number of nitrogens with one attached hydrogen (secondary N) is 1. The van der Waals surface area contributed by atoms with Gasteiger partial charge in [-0.1, -0.05) is 63.2 Å². The quantitative estimate of drug-likeness (QED) is 0.500. The molecule has 8 heteroatoms. The molecule has 7 nitrogen and oxygen atoms in total. The summed E-state index contributed by atoms with van der Waals surface area (Å²) in [6, 6.07) is 14.0. The smallest absolute Gasteiger partial charge is 0.244 e. The van der Waals surface area contributed by atoms with E-state index in [4.69, 9.17) is 0 Å². The molecule has 0 aliphatic heterocycles. The van der Waals surface area contributed by atoms with Crippen molar-refractivity contribution in [2.24, 2.45) is 0 Å². The monoisotopic (exact) mass is 501 g/mol. The molecule has 0 aromatic heterocycles. The average Bonchev–Trinajstić information content (AvgIpc) is 2.80. The van der Waals surface area contributed by atoms with Crippen LogP contribution < -0.4 is 9.62 Å². The van der Waals surface area contributed by atoms with Gasteiger partial charge in [-0.25, -0.2) is 8.42 Å². The zero-order chi connectivity index (χ0) is 26.3. The van der Waals surface area contributed by atoms with Gasteiger partial charge in [-0.2, -0.15) is 0 Å². The number of benzene rings is 2. The van der Waals surface area contributed by atoms with Gasteiger partial charge in [-0.05, 0) is 55.9 Å². The lowest BCUT2D eigenvalue weighted by Gasteiger charge is -2.33. The zero-order valence-electron chi connectivity index (χ0n) is 21.9. The number of nitrogens with zero attached hydrogens (tertiary/aromatic N) is 2. The SMILES string of the molecule is CC[C@@H](C)NC(=O)[C@H](C)N(Cc1ccccc1C)C(=O)CN(c1ccccc1C(C)C)S(C)(=O)=O. The Hall–Kier alpha value is -2.87. The molecule has 0 unspecified atom stereocenters. The third-order valence-electron chi connectivity index (χ3n) is 6.28. The molecule has 2 aromatic carbocycles. The van der Waals surface area contributed by atoms with Gasteiger partial charge in [-0.3, -0.25) is 13.9 Å². The summed E-state index contributed by atoms with van der Waals surface area (Å²) in [5.41, 5.74) is 3.20. The van der Waals surface area contributed by atoms with Crippen LogP contribution in [0.15, 0.2) is 48.5 Å². The molecular weight excluding hydrogens is 462 g/mol. The van der Waals surface area contributed by atoms with Gasteiger partial charge in [-0.15, -0.1) is 0 Å². The maximum Gasteiger partial charge on any atom is 0.244 e. The first-order chi connectivity index (χ1) is 16.4. The normalized spacial score (nSPS) is 13.3. The van der Waals surface area contributed by atoms with Crippen LogP contribution in [0.4, 0.5) is 5.69 Å². The number of hydrogen-bond acceptors (Lipinski definition) is 4. The van der Waals surface area contributed by atoms with E-state index < -0.39 is 28.5 Å². The van der Waals surface area contributed by atoms with E-state index in [0.717, 1.165) is 33.7 Å². The molecule has 2 amide bonds. The highest BCUT2D eigenvalue weighted by molar-refractivity contribution is 7.92. The summed E-state index contributed by atoms with van der Waals surface area (Å²) >= 11 is 0. The third-order valence-corrected chi connectivity index (χ3v) is 7.40. The fourth-order valence-electron chi connectivity index (χ4n) is 3.82. The van der Waals surface area contributed by atoms with Crippen molar-refractivity contribution >= 4 is 27.5 Å². The van der Waals surface area contributed by atoms with Gasteiger partial charge in [0.2, 0.25) is 21.8 Å². The summed E-state index contributed by atoms with van der Waals surface area (Å²) in [6.07, 6.45) is 1.86. The van der Waals surface area contributed by atoms with Crippen LogP contribution in [-0.2, 0) is 26.2 Å². The zero-order valence-corrected chi connectivity index (χ0v) is 22.7. The molecule has 2 atom stereocenters. The Labute approximate surface area is 210 Å². The Morgan fingerprint density at radius 3 is 2.14 bits per heavy atom. The van der Waals surface area contributed by atoms with Gasteiger partial charge in [0.05, 0.1) is 11.9 Å². The van der Waals surface area contributed by atoms with E-state index in [2.05, 4.69) is 5.32 Å². The van der Waals surface area contributed by atoms with Crippen LogP contribution in [-0.4, -0.2) is 50.0 Å². The highest BCUT2D eigenvalue weighted by Gasteiger charge is 2.31. The largest absolute Gasteiger partial charge is 0.352 e. The Balaban J connectivity index is 2.47. The first-order valence-electron chi connectivity index (χ1n) is 12.1. The van der Waals surface area contributed by atoms with Crippen LogP contribution in [0.1, 0.15) is 63.6 Å². The summed E-state index contributed by atoms with van der Waals surface area (Å²) in [5, 5.41) is 2.94. The number of anilines is 1. The molecule has 0 radical (unpaired) electrons. The Morgan fingerprint density at radius 2 is 1.57 bits per heavy atom. The number of carbonyl (C=O) groups excluding carboxylic acids is 2. The van der Waals surface area contributed by atoms with Gasteiger partial charge in [0, 0.05) is 12.6 Å². The number of aryl methyl sites for hydroxylation is 1. The van der Waals surface area contributed by atoms with E-state index >= 15 is 0 Å². The fraction of sp³-hybridized carbons (Fsp3) is 0.481. The van der Waals surface area contributed by atoms with Crippen LogP contribution in [0.2, 0.25) is 0 Å². The summed E-state index contributed by atoms with van der Waals surface area (Å²) in [7, 11) is -3.77. The number of amides is 2. The average molecular weight is 502 g/mol. The molecule has 2 aromatic rings. The molecule has 0 saturated heterocycles. The molecule has 0 aliphatic carbocycles. The van der Waals surface area contributed by atoms with Crippen LogP contribution in [0, 0.1) is 6.92 Å². The minimum atomic E-state index is -3.77. The Bertz CT molecular complexity index is 1130. The molecular formula is C27H39N3O4S. The molecule has 0 spiro atoms. The third kappa shape index (κ3) is 7.56. The highest BCUT2D eigenvalue weighted by Crippen LogP contribution is 2.29. The number of sulfonamides is 1. The lowest BCUT2D eigenvalue weighted by atomic mass is 10.0. The fourth-order valence-corrected chi connectivity index (χ4v) is 4.69. The van der Waals surface area contributed by atoms with Crippen LogP contribution in [0.5, 0.6) is 0 Å². The molecule has 0 fully saturated rings. The van der Waals surface area contributed by atoms with E-state index in [1.54, 1.807) is 19.1 Å². The summed E-state index contributed by atoms with van der Waals surface area (Å²) in [6.45, 7) is 11.3. The lowest BCUT2D eigenvalue weighted by molar-refractivity contribution is -0.139. The predicted molar refractivity (Wildman–Crippen MR) is 142 cm³/mol. The predicted octanol–water partition coefficient (Wildman–Crippen LogP) is 4.22. The topological polar surface area (TPSA) is 86.8 Å². The van der Waals surface area contributed by atoms with E-state index in [-0.39, 0.29) is 24.4 Å². The minimum Gasteiger partial charge on any atom is -0.352 e. The number of hydrogen-bond donors (Lipinski definition) is 1. The maximum absolute atomic E-state index is 13.7. The standard InChI is InChI=1S/C27H39N3O4S/c1-8-21(5)28-27(32)22(6)29(17-23-14-10-9-13-20(23)4)26(31)18-30(35(7,33)34)25-16-12-11-15-24(25)19(2)3/h9-16,19,21-22H,8,17-18H2,1-7H3,(H,28,32)/t21-,22+/m1/s1. The number of para-hydroxylation sites is 1. The first kappa shape index (κ1) is 28.4. The van der Waals surface area contributed by atoms with E-state index in [1.165, 1.54) is 4.90 Å². The van der Waals surface area contributed by atoms with Gasteiger partial charge >= 0.3 is 0 Å². The Morgan fingerprint density at radius 1 is 0.971 bits per heavy atom. The van der Waals surface area contributed by atoms with Crippen LogP contribution >= 0.6 is 0 Å². The van der Waals surface area contributed by atoms with Crippen molar-refractivity contribution in [3.8, 4) is 0 Å². The van der Waals surface area contributed by atoms with Gasteiger partial charge in [0.1, 0.15) is 12.6 Å². The molecule has 0 aliphatic rings. The number of rotatable bonds is 11. The van der Waals surface area contributed by atoms with Crippen LogP contribution in [0.3, 0.4) is 0 Å². The van der Waals surface area contributed by atoms with Crippen molar-refractivity contribution in [3.63, 3.8) is 0 Å². The molecule has 0 saturated carbocycles. The maximum atomic E-state index is 13.7.